The molecule has 0 atom stereocenters. The average molecular weight is 422 g/mol. The van der Waals surface area contributed by atoms with Gasteiger partial charge in [-0.25, -0.2) is 9.97 Å². The van der Waals surface area contributed by atoms with E-state index < -0.39 is 5.91 Å². The molecule has 2 aromatic heterocycles. The van der Waals surface area contributed by atoms with E-state index in [1.807, 2.05) is 36.9 Å². The number of piperidine rings is 1. The number of fused-ring (bicyclic) bond motifs is 1. The number of benzene rings is 1. The number of carbonyl (C=O) groups excluding carboxylic acids is 2. The van der Waals surface area contributed by atoms with Gasteiger partial charge in [0, 0.05) is 30.6 Å². The van der Waals surface area contributed by atoms with Gasteiger partial charge >= 0.3 is 0 Å². The van der Waals surface area contributed by atoms with Crippen molar-refractivity contribution in [1.82, 2.24) is 14.9 Å². The maximum absolute atomic E-state index is 13.3. The van der Waals surface area contributed by atoms with Crippen LogP contribution in [0.15, 0.2) is 28.8 Å². The number of carbonyl (C=O) groups is 2. The lowest BCUT2D eigenvalue weighted by Gasteiger charge is -2.31. The molecule has 0 spiro atoms. The number of hydrogen-bond donors (Lipinski definition) is 1. The number of nitrogens with two attached hydrogens (primary N) is 1. The molecular formula is C23H26N4O4. The van der Waals surface area contributed by atoms with E-state index in [2.05, 4.69) is 9.97 Å². The SMILES string of the molecule is CCOc1ccc2oc(C)c(C(=O)N3CCC(c4ncc(C(N)=O)c(C)n4)CC3)c2c1. The number of aromatic nitrogens is 2. The highest BCUT2D eigenvalue weighted by molar-refractivity contribution is 6.07. The Kier molecular flexibility index (Phi) is 5.63. The third kappa shape index (κ3) is 3.97. The third-order valence-electron chi connectivity index (χ3n) is 5.77. The van der Waals surface area contributed by atoms with E-state index in [9.17, 15) is 9.59 Å². The predicted molar refractivity (Wildman–Crippen MR) is 115 cm³/mol. The standard InChI is InChI=1S/C23H26N4O4/c1-4-30-16-5-6-19-17(11-16)20(14(3)31-19)23(29)27-9-7-15(8-10-27)22-25-12-18(21(24)28)13(2)26-22/h5-6,11-12,15H,4,7-10H2,1-3H3,(H2,24,28). The largest absolute Gasteiger partial charge is 0.494 e. The molecule has 0 aliphatic carbocycles. The summed E-state index contributed by atoms with van der Waals surface area (Å²) in [7, 11) is 0. The fourth-order valence-corrected chi connectivity index (χ4v) is 4.14. The van der Waals surface area contributed by atoms with Crippen molar-refractivity contribution >= 4 is 22.8 Å². The molecule has 8 nitrogen and oxygen atoms in total. The van der Waals surface area contributed by atoms with Gasteiger partial charge in [-0.15, -0.1) is 0 Å². The number of ether oxygens (including phenoxy) is 1. The summed E-state index contributed by atoms with van der Waals surface area (Å²) in [4.78, 5) is 35.4. The number of nitrogens with zero attached hydrogens (tertiary/aromatic N) is 3. The first-order chi connectivity index (χ1) is 14.9. The Morgan fingerprint density at radius 1 is 1.26 bits per heavy atom. The average Bonchev–Trinajstić information content (AvgIpc) is 3.08. The van der Waals surface area contributed by atoms with Crippen LogP contribution in [0.1, 0.15) is 63.7 Å². The van der Waals surface area contributed by atoms with E-state index in [1.54, 1.807) is 6.92 Å². The number of aryl methyl sites for hydroxylation is 2. The lowest BCUT2D eigenvalue weighted by atomic mass is 9.95. The molecule has 4 rings (SSSR count). The second-order valence-corrected chi connectivity index (χ2v) is 7.78. The molecule has 3 aromatic rings. The van der Waals surface area contributed by atoms with E-state index in [0.29, 0.717) is 53.7 Å². The monoisotopic (exact) mass is 422 g/mol. The van der Waals surface area contributed by atoms with Gasteiger partial charge in [-0.2, -0.15) is 0 Å². The minimum atomic E-state index is -0.528. The van der Waals surface area contributed by atoms with Crippen molar-refractivity contribution < 1.29 is 18.7 Å². The Labute approximate surface area is 180 Å². The van der Waals surface area contributed by atoms with Crippen LogP contribution in [0.2, 0.25) is 0 Å². The summed E-state index contributed by atoms with van der Waals surface area (Å²) < 4.78 is 11.4. The molecule has 1 saturated heterocycles. The van der Waals surface area contributed by atoms with Crippen LogP contribution in [-0.4, -0.2) is 46.4 Å². The number of rotatable bonds is 5. The van der Waals surface area contributed by atoms with Gasteiger partial charge in [0.25, 0.3) is 11.8 Å². The lowest BCUT2D eigenvalue weighted by molar-refractivity contribution is 0.0710. The molecule has 0 bridgehead atoms. The Morgan fingerprint density at radius 3 is 2.65 bits per heavy atom. The number of primary amides is 1. The highest BCUT2D eigenvalue weighted by Crippen LogP contribution is 2.32. The van der Waals surface area contributed by atoms with Crippen LogP contribution in [0.5, 0.6) is 5.75 Å². The summed E-state index contributed by atoms with van der Waals surface area (Å²) in [5.74, 6) is 1.59. The van der Waals surface area contributed by atoms with Crippen molar-refractivity contribution in [2.45, 2.75) is 39.5 Å². The van der Waals surface area contributed by atoms with Crippen LogP contribution in [-0.2, 0) is 0 Å². The van der Waals surface area contributed by atoms with E-state index in [-0.39, 0.29) is 11.8 Å². The second-order valence-electron chi connectivity index (χ2n) is 7.78. The van der Waals surface area contributed by atoms with E-state index in [4.69, 9.17) is 14.9 Å². The van der Waals surface area contributed by atoms with Gasteiger partial charge in [0.1, 0.15) is 22.9 Å². The number of furan rings is 1. The van der Waals surface area contributed by atoms with Gasteiger partial charge in [-0.3, -0.25) is 9.59 Å². The topological polar surface area (TPSA) is 112 Å². The van der Waals surface area contributed by atoms with E-state index >= 15 is 0 Å². The minimum absolute atomic E-state index is 0.0375. The van der Waals surface area contributed by atoms with Crippen molar-refractivity contribution in [3.05, 3.63) is 52.8 Å². The van der Waals surface area contributed by atoms with Crippen LogP contribution >= 0.6 is 0 Å². The quantitative estimate of drug-likeness (QED) is 0.675. The van der Waals surface area contributed by atoms with Crippen LogP contribution in [0, 0.1) is 13.8 Å². The van der Waals surface area contributed by atoms with Crippen LogP contribution in [0.25, 0.3) is 11.0 Å². The summed E-state index contributed by atoms with van der Waals surface area (Å²) in [6.45, 7) is 7.25. The first-order valence-corrected chi connectivity index (χ1v) is 10.5. The molecule has 1 aromatic carbocycles. The smallest absolute Gasteiger partial charge is 0.258 e. The highest BCUT2D eigenvalue weighted by Gasteiger charge is 2.29. The molecule has 0 radical (unpaired) electrons. The van der Waals surface area contributed by atoms with Gasteiger partial charge in [-0.1, -0.05) is 0 Å². The molecule has 0 saturated carbocycles. The number of amides is 2. The van der Waals surface area contributed by atoms with Crippen molar-refractivity contribution in [1.29, 1.82) is 0 Å². The van der Waals surface area contributed by atoms with E-state index in [1.165, 1.54) is 6.20 Å². The Bertz CT molecular complexity index is 1150. The Hall–Kier alpha value is -3.42. The highest BCUT2D eigenvalue weighted by atomic mass is 16.5. The van der Waals surface area contributed by atoms with Crippen LogP contribution < -0.4 is 10.5 Å². The molecule has 2 N–H and O–H groups in total. The molecule has 31 heavy (non-hydrogen) atoms. The van der Waals surface area contributed by atoms with Crippen molar-refractivity contribution in [2.75, 3.05) is 19.7 Å². The summed E-state index contributed by atoms with van der Waals surface area (Å²) in [5.41, 5.74) is 7.53. The van der Waals surface area contributed by atoms with Gasteiger partial charge in [0.05, 0.1) is 23.4 Å². The summed E-state index contributed by atoms with van der Waals surface area (Å²) in [5, 5.41) is 0.775. The van der Waals surface area contributed by atoms with E-state index in [0.717, 1.165) is 24.0 Å². The zero-order valence-electron chi connectivity index (χ0n) is 18.0. The Morgan fingerprint density at radius 2 is 2.00 bits per heavy atom. The zero-order valence-corrected chi connectivity index (χ0v) is 18.0. The molecule has 162 valence electrons. The maximum Gasteiger partial charge on any atom is 0.258 e. The summed E-state index contributed by atoms with van der Waals surface area (Å²) >= 11 is 0. The summed E-state index contributed by atoms with van der Waals surface area (Å²) in [6, 6.07) is 5.55. The summed E-state index contributed by atoms with van der Waals surface area (Å²) in [6.07, 6.45) is 2.99. The number of hydrogen-bond acceptors (Lipinski definition) is 6. The van der Waals surface area contributed by atoms with Gasteiger partial charge in [-0.05, 0) is 51.8 Å². The Balaban J connectivity index is 1.51. The molecule has 1 aliphatic heterocycles. The minimum Gasteiger partial charge on any atom is -0.494 e. The first kappa shape index (κ1) is 20.8. The molecule has 3 heterocycles. The van der Waals surface area contributed by atoms with Gasteiger partial charge in [0.15, 0.2) is 0 Å². The lowest BCUT2D eigenvalue weighted by Crippen LogP contribution is -2.38. The van der Waals surface area contributed by atoms with Crippen LogP contribution in [0.3, 0.4) is 0 Å². The molecule has 2 amide bonds. The number of likely N-dealkylation sites (tertiary alicyclic amines) is 1. The molecular weight excluding hydrogens is 396 g/mol. The molecule has 1 aliphatic rings. The molecule has 1 fully saturated rings. The van der Waals surface area contributed by atoms with Crippen LogP contribution in [0.4, 0.5) is 0 Å². The normalized spacial score (nSPS) is 14.7. The van der Waals surface area contributed by atoms with Crippen molar-refractivity contribution in [2.24, 2.45) is 5.73 Å². The maximum atomic E-state index is 13.3. The fourth-order valence-electron chi connectivity index (χ4n) is 4.14. The van der Waals surface area contributed by atoms with Gasteiger partial charge in [0.2, 0.25) is 0 Å². The fraction of sp³-hybridized carbons (Fsp3) is 0.391. The molecule has 8 heteroatoms. The zero-order chi connectivity index (χ0) is 22.1. The molecule has 0 unspecified atom stereocenters. The second kappa shape index (κ2) is 8.37. The van der Waals surface area contributed by atoms with Crippen molar-refractivity contribution in [3.8, 4) is 5.75 Å². The van der Waals surface area contributed by atoms with Gasteiger partial charge < -0.3 is 19.8 Å². The predicted octanol–water partition coefficient (Wildman–Crippen LogP) is 3.36. The van der Waals surface area contributed by atoms with Crippen molar-refractivity contribution in [3.63, 3.8) is 0 Å². The first-order valence-electron chi connectivity index (χ1n) is 10.5. The third-order valence-corrected chi connectivity index (χ3v) is 5.77.